The van der Waals surface area contributed by atoms with Gasteiger partial charge in [0.25, 0.3) is 10.0 Å². The molecule has 0 aliphatic carbocycles. The summed E-state index contributed by atoms with van der Waals surface area (Å²) in [7, 11) is -4.43. The molecular formula is C29H23F3N8O3S. The van der Waals surface area contributed by atoms with E-state index in [0.29, 0.717) is 28.9 Å². The van der Waals surface area contributed by atoms with Crippen molar-refractivity contribution in [1.82, 2.24) is 24.5 Å². The van der Waals surface area contributed by atoms with Crippen molar-refractivity contribution in [1.29, 1.82) is 0 Å². The van der Waals surface area contributed by atoms with Crippen LogP contribution in [0.25, 0.3) is 27.9 Å². The number of aliphatic hydroxyl groups excluding tert-OH is 1. The number of aliphatic hydroxyl groups is 1. The Hall–Kier alpha value is -5.28. The summed E-state index contributed by atoms with van der Waals surface area (Å²) in [6.07, 6.45) is 2.75. The fourth-order valence-electron chi connectivity index (χ4n) is 4.65. The molecule has 3 aromatic carbocycles. The molecule has 3 aromatic heterocycles. The molecule has 0 spiro atoms. The number of aromatic nitrogens is 5. The first-order chi connectivity index (χ1) is 21.2. The number of fused-ring (bicyclic) bond motifs is 2. The van der Waals surface area contributed by atoms with Crippen LogP contribution in [0.4, 0.5) is 36.1 Å². The van der Waals surface area contributed by atoms with E-state index in [1.807, 2.05) is 18.2 Å². The molecular weight excluding hydrogens is 597 g/mol. The summed E-state index contributed by atoms with van der Waals surface area (Å²) in [5.74, 6) is -2.68. The molecule has 0 unspecified atom stereocenters. The number of hydrogen-bond donors (Lipinski definition) is 4. The van der Waals surface area contributed by atoms with Gasteiger partial charge in [-0.15, -0.1) is 0 Å². The summed E-state index contributed by atoms with van der Waals surface area (Å²) >= 11 is 0. The third-order valence-corrected chi connectivity index (χ3v) is 8.31. The van der Waals surface area contributed by atoms with E-state index in [-0.39, 0.29) is 23.5 Å². The van der Waals surface area contributed by atoms with E-state index in [0.717, 1.165) is 23.9 Å². The SMILES string of the molecule is Cc1c(F)cccc1S(=O)(=O)Nc1ccc(F)c(Nc2ncnc3ccc(-n4cnc5c(NCCO)cccc54)nc23)c1F. The molecule has 44 heavy (non-hydrogen) atoms. The van der Waals surface area contributed by atoms with Crippen molar-refractivity contribution in [2.45, 2.75) is 11.8 Å². The molecule has 6 aromatic rings. The van der Waals surface area contributed by atoms with Crippen LogP contribution in [0.1, 0.15) is 5.56 Å². The Morgan fingerprint density at radius 2 is 1.70 bits per heavy atom. The Kier molecular flexibility index (Phi) is 7.48. The van der Waals surface area contributed by atoms with Crippen LogP contribution >= 0.6 is 0 Å². The molecule has 0 aliphatic rings. The zero-order valence-corrected chi connectivity index (χ0v) is 23.7. The monoisotopic (exact) mass is 620 g/mol. The van der Waals surface area contributed by atoms with E-state index in [1.54, 1.807) is 23.0 Å². The molecule has 224 valence electrons. The quantitative estimate of drug-likeness (QED) is 0.175. The van der Waals surface area contributed by atoms with Gasteiger partial charge in [0.15, 0.2) is 11.6 Å². The van der Waals surface area contributed by atoms with Crippen LogP contribution in [-0.4, -0.2) is 51.2 Å². The maximum atomic E-state index is 15.6. The molecule has 4 N–H and O–H groups in total. The lowest BCUT2D eigenvalue weighted by Gasteiger charge is -2.15. The van der Waals surface area contributed by atoms with E-state index >= 15 is 4.39 Å². The number of nitrogens with zero attached hydrogens (tertiary/aromatic N) is 5. The number of rotatable bonds is 9. The third kappa shape index (κ3) is 5.22. The van der Waals surface area contributed by atoms with Gasteiger partial charge in [-0.05, 0) is 55.5 Å². The van der Waals surface area contributed by atoms with Gasteiger partial charge >= 0.3 is 0 Å². The molecule has 6 rings (SSSR count). The number of nitrogens with one attached hydrogen (secondary N) is 3. The van der Waals surface area contributed by atoms with Gasteiger partial charge in [-0.25, -0.2) is 41.5 Å². The highest BCUT2D eigenvalue weighted by Crippen LogP contribution is 2.32. The lowest BCUT2D eigenvalue weighted by Crippen LogP contribution is -2.16. The van der Waals surface area contributed by atoms with Gasteiger partial charge in [-0.3, -0.25) is 9.29 Å². The summed E-state index contributed by atoms with van der Waals surface area (Å²) in [4.78, 5) is 17.0. The first kappa shape index (κ1) is 28.8. The number of para-hydroxylation sites is 1. The molecule has 0 atom stereocenters. The fraction of sp³-hybridized carbons (Fsp3) is 0.103. The molecule has 0 fully saturated rings. The smallest absolute Gasteiger partial charge is 0.262 e. The first-order valence-electron chi connectivity index (χ1n) is 13.1. The zero-order chi connectivity index (χ0) is 31.0. The minimum absolute atomic E-state index is 0.0506. The van der Waals surface area contributed by atoms with Gasteiger partial charge < -0.3 is 15.7 Å². The Morgan fingerprint density at radius 3 is 2.52 bits per heavy atom. The Labute approximate surface area is 248 Å². The molecule has 15 heteroatoms. The van der Waals surface area contributed by atoms with Gasteiger partial charge in [0.05, 0.1) is 33.9 Å². The maximum absolute atomic E-state index is 15.6. The summed E-state index contributed by atoms with van der Waals surface area (Å²) in [5.41, 5.74) is 1.18. The molecule has 3 heterocycles. The van der Waals surface area contributed by atoms with Crippen molar-refractivity contribution in [3.8, 4) is 5.82 Å². The number of imidazole rings is 1. The molecule has 0 saturated heterocycles. The van der Waals surface area contributed by atoms with E-state index in [4.69, 9.17) is 0 Å². The van der Waals surface area contributed by atoms with Crippen LogP contribution in [0.15, 0.2) is 78.2 Å². The number of benzene rings is 3. The van der Waals surface area contributed by atoms with Gasteiger partial charge in [-0.2, -0.15) is 0 Å². The van der Waals surface area contributed by atoms with Gasteiger partial charge in [0.2, 0.25) is 0 Å². The zero-order valence-electron chi connectivity index (χ0n) is 22.9. The van der Waals surface area contributed by atoms with Gasteiger partial charge in [-0.1, -0.05) is 12.1 Å². The Balaban J connectivity index is 1.37. The highest BCUT2D eigenvalue weighted by Gasteiger charge is 2.23. The molecule has 0 saturated carbocycles. The lowest BCUT2D eigenvalue weighted by atomic mass is 10.2. The van der Waals surface area contributed by atoms with Crippen molar-refractivity contribution in [2.24, 2.45) is 0 Å². The lowest BCUT2D eigenvalue weighted by molar-refractivity contribution is 0.311. The van der Waals surface area contributed by atoms with Crippen LogP contribution in [0.5, 0.6) is 0 Å². The van der Waals surface area contributed by atoms with Crippen molar-refractivity contribution in [3.63, 3.8) is 0 Å². The van der Waals surface area contributed by atoms with Crippen LogP contribution < -0.4 is 15.4 Å². The molecule has 0 bridgehead atoms. The van der Waals surface area contributed by atoms with E-state index < -0.39 is 43.7 Å². The second-order valence-electron chi connectivity index (χ2n) is 9.58. The van der Waals surface area contributed by atoms with Crippen molar-refractivity contribution < 1.29 is 26.7 Å². The first-order valence-corrected chi connectivity index (χ1v) is 14.6. The van der Waals surface area contributed by atoms with Gasteiger partial charge in [0.1, 0.15) is 46.8 Å². The van der Waals surface area contributed by atoms with Crippen molar-refractivity contribution in [2.75, 3.05) is 28.5 Å². The molecule has 0 aliphatic heterocycles. The topological polar surface area (TPSA) is 147 Å². The van der Waals surface area contributed by atoms with Crippen molar-refractivity contribution in [3.05, 3.63) is 96.3 Å². The van der Waals surface area contributed by atoms with E-state index in [1.165, 1.54) is 25.4 Å². The summed E-state index contributed by atoms with van der Waals surface area (Å²) in [5, 5.41) is 14.9. The van der Waals surface area contributed by atoms with Crippen LogP contribution in [0.3, 0.4) is 0 Å². The van der Waals surface area contributed by atoms with Crippen LogP contribution in [-0.2, 0) is 10.0 Å². The fourth-order valence-corrected chi connectivity index (χ4v) is 5.97. The van der Waals surface area contributed by atoms with Crippen LogP contribution in [0, 0.1) is 24.4 Å². The van der Waals surface area contributed by atoms with E-state index in [9.17, 15) is 22.3 Å². The maximum Gasteiger partial charge on any atom is 0.262 e. The average molecular weight is 621 g/mol. The Bertz CT molecular complexity index is 2160. The largest absolute Gasteiger partial charge is 0.395 e. The second-order valence-corrected chi connectivity index (χ2v) is 11.2. The highest BCUT2D eigenvalue weighted by atomic mass is 32.2. The molecule has 11 nitrogen and oxygen atoms in total. The number of halogens is 3. The number of anilines is 4. The minimum Gasteiger partial charge on any atom is -0.395 e. The number of pyridine rings is 1. The number of sulfonamides is 1. The summed E-state index contributed by atoms with van der Waals surface area (Å²) in [6.45, 7) is 1.56. The standard InChI is InChI=1S/C29H23F3N8O3S/c1-16-17(30)4-2-7-23(16)44(42,43)39-19-9-8-18(31)26(25(19)32)38-29-28-21(34-14-35-29)10-11-24(37-28)40-15-36-27-20(33-12-13-41)5-3-6-22(27)40/h2-11,14-15,33,39,41H,12-13H2,1H3,(H,34,35,38). The predicted molar refractivity (Wildman–Crippen MR) is 159 cm³/mol. The normalized spacial score (nSPS) is 11.7. The summed E-state index contributed by atoms with van der Waals surface area (Å²) < 4.78 is 74.3. The van der Waals surface area contributed by atoms with Gasteiger partial charge in [0, 0.05) is 12.1 Å². The summed E-state index contributed by atoms with van der Waals surface area (Å²) in [6, 6.07) is 14.1. The number of hydrogen-bond acceptors (Lipinski definition) is 9. The third-order valence-electron chi connectivity index (χ3n) is 6.80. The Morgan fingerprint density at radius 1 is 0.886 bits per heavy atom. The molecule has 0 amide bonds. The predicted octanol–water partition coefficient (Wildman–Crippen LogP) is 5.04. The molecule has 0 radical (unpaired) electrons. The second kappa shape index (κ2) is 11.4. The van der Waals surface area contributed by atoms with Crippen LogP contribution in [0.2, 0.25) is 0 Å². The van der Waals surface area contributed by atoms with E-state index in [2.05, 4.69) is 35.3 Å². The minimum atomic E-state index is -4.43. The van der Waals surface area contributed by atoms with Crippen molar-refractivity contribution >= 4 is 55.0 Å². The average Bonchev–Trinajstić information content (AvgIpc) is 3.45. The highest BCUT2D eigenvalue weighted by molar-refractivity contribution is 7.92.